The van der Waals surface area contributed by atoms with Gasteiger partial charge in [-0.1, -0.05) is 29.8 Å². The van der Waals surface area contributed by atoms with Crippen molar-refractivity contribution >= 4 is 50.3 Å². The first kappa shape index (κ1) is 22.5. The molecule has 3 aromatic rings. The second kappa shape index (κ2) is 9.32. The summed E-state index contributed by atoms with van der Waals surface area (Å²) in [5.74, 6) is 0.0627. The third-order valence-electron chi connectivity index (χ3n) is 4.48. The Morgan fingerprint density at radius 3 is 2.58 bits per heavy atom. The van der Waals surface area contributed by atoms with Crippen molar-refractivity contribution in [3.05, 3.63) is 65.3 Å². The number of para-hydroxylation sites is 1. The van der Waals surface area contributed by atoms with Crippen LogP contribution >= 0.6 is 11.6 Å². The van der Waals surface area contributed by atoms with Crippen LogP contribution in [0.4, 0.5) is 5.69 Å². The Bertz CT molecular complexity index is 1230. The van der Waals surface area contributed by atoms with Crippen LogP contribution in [0.3, 0.4) is 0 Å². The lowest BCUT2D eigenvalue weighted by Gasteiger charge is -2.27. The van der Waals surface area contributed by atoms with Gasteiger partial charge in [-0.25, -0.2) is 18.8 Å². The normalized spacial score (nSPS) is 12.6. The number of ether oxygens (including phenoxy) is 1. The number of pyridine rings is 1. The second-order valence-electron chi connectivity index (χ2n) is 6.73. The lowest BCUT2D eigenvalue weighted by molar-refractivity contribution is -0.121. The maximum Gasteiger partial charge on any atom is 0.263 e. The molecule has 0 unspecified atom stereocenters. The van der Waals surface area contributed by atoms with E-state index in [2.05, 4.69) is 15.5 Å². The van der Waals surface area contributed by atoms with E-state index in [0.717, 1.165) is 15.9 Å². The summed E-state index contributed by atoms with van der Waals surface area (Å²) in [6, 6.07) is 14.5. The highest BCUT2D eigenvalue weighted by Gasteiger charge is 2.28. The Hall–Kier alpha value is -3.17. The average Bonchev–Trinajstić information content (AvgIpc) is 2.73. The molecule has 0 aliphatic rings. The van der Waals surface area contributed by atoms with E-state index in [1.807, 2.05) is 6.07 Å². The van der Waals surface area contributed by atoms with Crippen LogP contribution < -0.4 is 14.5 Å². The first-order valence-electron chi connectivity index (χ1n) is 9.22. The summed E-state index contributed by atoms with van der Waals surface area (Å²) < 4.78 is 30.7. The van der Waals surface area contributed by atoms with E-state index in [9.17, 15) is 13.2 Å². The minimum absolute atomic E-state index is 0.203. The fraction of sp³-hybridized carbons (Fsp3) is 0.190. The van der Waals surface area contributed by atoms with Crippen molar-refractivity contribution in [1.29, 1.82) is 0 Å². The Morgan fingerprint density at radius 1 is 1.23 bits per heavy atom. The average molecular weight is 461 g/mol. The number of benzene rings is 2. The van der Waals surface area contributed by atoms with Gasteiger partial charge >= 0.3 is 0 Å². The summed E-state index contributed by atoms with van der Waals surface area (Å²) in [5.41, 5.74) is 3.90. The molecular formula is C21H21ClN4O4S. The van der Waals surface area contributed by atoms with Crippen LogP contribution in [0.5, 0.6) is 5.75 Å². The number of carbonyl (C=O) groups excluding carboxylic acids is 1. The Kier molecular flexibility index (Phi) is 6.77. The molecule has 1 N–H and O–H groups in total. The van der Waals surface area contributed by atoms with Crippen molar-refractivity contribution in [2.75, 3.05) is 17.7 Å². The molecule has 0 bridgehead atoms. The summed E-state index contributed by atoms with van der Waals surface area (Å²) in [5, 5.41) is 4.95. The molecule has 31 heavy (non-hydrogen) atoms. The van der Waals surface area contributed by atoms with Gasteiger partial charge in [-0.2, -0.15) is 5.10 Å². The first-order valence-corrected chi connectivity index (χ1v) is 11.4. The number of hydrogen-bond acceptors (Lipinski definition) is 6. The summed E-state index contributed by atoms with van der Waals surface area (Å²) in [4.78, 5) is 16.9. The fourth-order valence-electron chi connectivity index (χ4n) is 3.00. The fourth-order valence-corrected chi connectivity index (χ4v) is 4.37. The van der Waals surface area contributed by atoms with E-state index in [0.29, 0.717) is 22.5 Å². The highest BCUT2D eigenvalue weighted by atomic mass is 35.5. The molecule has 162 valence electrons. The number of methoxy groups -OCH3 is 1. The molecule has 0 aliphatic carbocycles. The third-order valence-corrected chi connectivity index (χ3v) is 6.03. The molecule has 10 heteroatoms. The topological polar surface area (TPSA) is 101 Å². The molecule has 0 fully saturated rings. The van der Waals surface area contributed by atoms with E-state index >= 15 is 0 Å². The molecule has 0 radical (unpaired) electrons. The monoisotopic (exact) mass is 460 g/mol. The van der Waals surface area contributed by atoms with Crippen molar-refractivity contribution in [3.8, 4) is 5.75 Å². The summed E-state index contributed by atoms with van der Waals surface area (Å²) >= 11 is 6.22. The van der Waals surface area contributed by atoms with Gasteiger partial charge in [-0.15, -0.1) is 0 Å². The predicted octanol–water partition coefficient (Wildman–Crippen LogP) is 3.20. The Balaban J connectivity index is 1.78. The Morgan fingerprint density at radius 2 is 1.94 bits per heavy atom. The number of nitrogens with one attached hydrogen (secondary N) is 1. The van der Waals surface area contributed by atoms with Crippen molar-refractivity contribution in [2.24, 2.45) is 5.10 Å². The third kappa shape index (κ3) is 5.31. The van der Waals surface area contributed by atoms with Crippen LogP contribution in [-0.4, -0.2) is 44.9 Å². The van der Waals surface area contributed by atoms with Gasteiger partial charge in [0.2, 0.25) is 10.0 Å². The highest BCUT2D eigenvalue weighted by Crippen LogP contribution is 2.23. The van der Waals surface area contributed by atoms with Crippen LogP contribution in [0, 0.1) is 0 Å². The number of nitrogens with zero attached hydrogens (tertiary/aromatic N) is 3. The number of aromatic nitrogens is 1. The number of rotatable bonds is 7. The van der Waals surface area contributed by atoms with E-state index in [-0.39, 0.29) is 5.15 Å². The zero-order chi connectivity index (χ0) is 22.6. The molecule has 1 aromatic heterocycles. The van der Waals surface area contributed by atoms with Crippen LogP contribution in [0.25, 0.3) is 10.9 Å². The summed E-state index contributed by atoms with van der Waals surface area (Å²) in [7, 11) is -2.13. The van der Waals surface area contributed by atoms with Gasteiger partial charge in [0.15, 0.2) is 0 Å². The number of hydrazone groups is 1. The smallest absolute Gasteiger partial charge is 0.263 e. The lowest BCUT2D eigenvalue weighted by Crippen LogP contribution is -2.46. The predicted molar refractivity (Wildman–Crippen MR) is 122 cm³/mol. The number of amides is 1. The SMILES string of the molecule is COc1ccc2cc(/C=N\NC(=O)[C@H](C)N(c3ccccc3)S(C)(=O)=O)c(Cl)nc2c1. The van der Waals surface area contributed by atoms with Gasteiger partial charge < -0.3 is 4.74 Å². The largest absolute Gasteiger partial charge is 0.497 e. The van der Waals surface area contributed by atoms with Gasteiger partial charge in [-0.05, 0) is 37.3 Å². The molecule has 0 saturated heterocycles. The molecule has 0 saturated carbocycles. The summed E-state index contributed by atoms with van der Waals surface area (Å²) in [6.07, 6.45) is 2.40. The number of anilines is 1. The molecule has 3 rings (SSSR count). The standard InChI is InChI=1S/C21H21ClN4O4S/c1-14(26(31(3,28)29)17-7-5-4-6-8-17)21(27)25-23-13-16-11-15-9-10-18(30-2)12-19(15)24-20(16)22/h4-14H,1-3H3,(H,25,27)/b23-13-/t14-/m0/s1. The number of halogens is 1. The quantitative estimate of drug-likeness (QED) is 0.331. The maximum absolute atomic E-state index is 12.6. The van der Waals surface area contributed by atoms with E-state index in [1.165, 1.54) is 13.1 Å². The number of sulfonamides is 1. The van der Waals surface area contributed by atoms with Crippen molar-refractivity contribution in [1.82, 2.24) is 10.4 Å². The van der Waals surface area contributed by atoms with Crippen LogP contribution in [0.15, 0.2) is 59.7 Å². The summed E-state index contributed by atoms with van der Waals surface area (Å²) in [6.45, 7) is 1.48. The van der Waals surface area contributed by atoms with E-state index in [1.54, 1.807) is 55.6 Å². The van der Waals surface area contributed by atoms with E-state index < -0.39 is 22.0 Å². The molecule has 1 amide bonds. The van der Waals surface area contributed by atoms with Gasteiger partial charge in [0.25, 0.3) is 5.91 Å². The molecule has 8 nitrogen and oxygen atoms in total. The molecular weight excluding hydrogens is 440 g/mol. The van der Waals surface area contributed by atoms with Gasteiger partial charge in [-0.3, -0.25) is 9.10 Å². The van der Waals surface area contributed by atoms with Gasteiger partial charge in [0.05, 0.1) is 30.8 Å². The van der Waals surface area contributed by atoms with Crippen LogP contribution in [-0.2, 0) is 14.8 Å². The molecule has 1 atom stereocenters. The number of fused-ring (bicyclic) bond motifs is 1. The van der Waals surface area contributed by atoms with Gasteiger partial charge in [0, 0.05) is 17.0 Å². The second-order valence-corrected chi connectivity index (χ2v) is 8.95. The number of carbonyl (C=O) groups is 1. The molecule has 0 spiro atoms. The van der Waals surface area contributed by atoms with Crippen molar-refractivity contribution in [2.45, 2.75) is 13.0 Å². The van der Waals surface area contributed by atoms with Crippen LogP contribution in [0.2, 0.25) is 5.15 Å². The van der Waals surface area contributed by atoms with Crippen molar-refractivity contribution < 1.29 is 17.9 Å². The molecule has 1 heterocycles. The maximum atomic E-state index is 12.6. The zero-order valence-corrected chi connectivity index (χ0v) is 18.7. The lowest BCUT2D eigenvalue weighted by atomic mass is 10.1. The minimum atomic E-state index is -3.70. The highest BCUT2D eigenvalue weighted by molar-refractivity contribution is 7.92. The zero-order valence-electron chi connectivity index (χ0n) is 17.1. The first-order chi connectivity index (χ1) is 14.7. The van der Waals surface area contributed by atoms with Crippen LogP contribution in [0.1, 0.15) is 12.5 Å². The number of hydrogen-bond donors (Lipinski definition) is 1. The molecule has 0 aliphatic heterocycles. The molecule has 2 aromatic carbocycles. The minimum Gasteiger partial charge on any atom is -0.497 e. The Labute approximate surface area is 185 Å². The van der Waals surface area contributed by atoms with E-state index in [4.69, 9.17) is 16.3 Å². The van der Waals surface area contributed by atoms with Gasteiger partial charge in [0.1, 0.15) is 16.9 Å². The van der Waals surface area contributed by atoms with Crippen molar-refractivity contribution in [3.63, 3.8) is 0 Å².